The van der Waals surface area contributed by atoms with Crippen LogP contribution in [-0.4, -0.2) is 54.1 Å². The molecule has 0 aliphatic carbocycles. The third kappa shape index (κ3) is 5.92. The Morgan fingerprint density at radius 2 is 1.76 bits per heavy atom. The molecule has 4 rings (SSSR count). The largest absolute Gasteiger partial charge is 0.711 e. The summed E-state index contributed by atoms with van der Waals surface area (Å²) in [5, 5.41) is 25.9. The molecule has 3 heterocycles. The Kier molecular flexibility index (Phi) is 7.80. The summed E-state index contributed by atoms with van der Waals surface area (Å²) >= 11 is 12.1. The monoisotopic (exact) mass is 506 g/mol. The van der Waals surface area contributed by atoms with E-state index >= 15 is 0 Å². The van der Waals surface area contributed by atoms with Gasteiger partial charge in [-0.25, -0.2) is 4.73 Å². The van der Waals surface area contributed by atoms with Crippen LogP contribution < -0.4 is 14.9 Å². The number of amides is 2. The smallest absolute Gasteiger partial charge is 0.303 e. The van der Waals surface area contributed by atoms with Gasteiger partial charge >= 0.3 is 5.82 Å². The van der Waals surface area contributed by atoms with E-state index in [2.05, 4.69) is 5.32 Å². The van der Waals surface area contributed by atoms with E-state index in [0.717, 1.165) is 12.8 Å². The number of carbonyl (C=O) groups is 2. The third-order valence-electron chi connectivity index (χ3n) is 6.50. The molecule has 0 bridgehead atoms. The van der Waals surface area contributed by atoms with Crippen molar-refractivity contribution < 1.29 is 19.4 Å². The number of pyridine rings is 1. The maximum atomic E-state index is 12.8. The van der Waals surface area contributed by atoms with Gasteiger partial charge in [0, 0.05) is 30.1 Å². The molecule has 2 aromatic rings. The first-order chi connectivity index (χ1) is 16.3. The van der Waals surface area contributed by atoms with Crippen LogP contribution in [0.1, 0.15) is 42.5 Å². The maximum absolute atomic E-state index is 12.8. The molecule has 2 amide bonds. The number of carbonyl (C=O) groups excluding carboxylic acids is 2. The molecule has 1 aromatic carbocycles. The van der Waals surface area contributed by atoms with E-state index in [-0.39, 0.29) is 23.0 Å². The molecule has 2 N–H and O–H groups in total. The summed E-state index contributed by atoms with van der Waals surface area (Å²) in [6, 6.07) is 8.12. The molecule has 0 unspecified atom stereocenters. The first-order valence-corrected chi connectivity index (χ1v) is 12.3. The standard InChI is InChI=1S/C24H28Cl2N4O4/c25-18-3-1-2-17(13-18)23(33)27-21-14-19(26)15-30(34)24(21)29-8-4-16(5-9-29)12-22(32)28-10-6-20(31)7-11-28/h1-3,13-16,20,31H,4-12H2,(H,27,33). The molecule has 2 fully saturated rings. The van der Waals surface area contributed by atoms with Crippen LogP contribution in [-0.2, 0) is 4.79 Å². The fraction of sp³-hybridized carbons (Fsp3) is 0.458. The summed E-state index contributed by atoms with van der Waals surface area (Å²) in [6.07, 6.45) is 4.21. The Hall–Kier alpha value is -2.55. The predicted molar refractivity (Wildman–Crippen MR) is 131 cm³/mol. The molecule has 2 aliphatic rings. The number of halogens is 2. The number of benzene rings is 1. The Morgan fingerprint density at radius 3 is 2.44 bits per heavy atom. The van der Waals surface area contributed by atoms with Crippen LogP contribution >= 0.6 is 23.2 Å². The van der Waals surface area contributed by atoms with E-state index in [1.807, 2.05) is 9.80 Å². The molecule has 0 spiro atoms. The number of aliphatic hydroxyl groups excluding tert-OH is 1. The molecule has 34 heavy (non-hydrogen) atoms. The summed E-state index contributed by atoms with van der Waals surface area (Å²) < 4.78 is 0.681. The Labute approximate surface area is 208 Å². The normalized spacial score (nSPS) is 17.6. The van der Waals surface area contributed by atoms with Gasteiger partial charge in [0.25, 0.3) is 5.91 Å². The van der Waals surface area contributed by atoms with Crippen LogP contribution in [0.15, 0.2) is 36.5 Å². The lowest BCUT2D eigenvalue weighted by atomic mass is 9.92. The second-order valence-corrected chi connectivity index (χ2v) is 9.81. The topological polar surface area (TPSA) is 99.8 Å². The van der Waals surface area contributed by atoms with Crippen molar-refractivity contribution in [3.05, 3.63) is 57.3 Å². The van der Waals surface area contributed by atoms with Crippen LogP contribution in [0.4, 0.5) is 11.5 Å². The van der Waals surface area contributed by atoms with Gasteiger partial charge in [0.1, 0.15) is 11.9 Å². The number of nitrogens with zero attached hydrogens (tertiary/aromatic N) is 3. The quantitative estimate of drug-likeness (QED) is 0.477. The summed E-state index contributed by atoms with van der Waals surface area (Å²) in [4.78, 5) is 29.2. The highest BCUT2D eigenvalue weighted by atomic mass is 35.5. The van der Waals surface area contributed by atoms with E-state index in [4.69, 9.17) is 23.2 Å². The van der Waals surface area contributed by atoms with Crippen molar-refractivity contribution in [1.82, 2.24) is 4.90 Å². The van der Waals surface area contributed by atoms with Crippen molar-refractivity contribution in [3.63, 3.8) is 0 Å². The minimum Gasteiger partial charge on any atom is -0.711 e. The van der Waals surface area contributed by atoms with Crippen LogP contribution in [0.25, 0.3) is 0 Å². The highest BCUT2D eigenvalue weighted by Gasteiger charge is 2.32. The number of likely N-dealkylation sites (tertiary alicyclic amines) is 1. The number of nitrogens with one attached hydrogen (secondary N) is 1. The number of rotatable bonds is 5. The van der Waals surface area contributed by atoms with E-state index in [1.165, 1.54) is 6.20 Å². The van der Waals surface area contributed by atoms with Gasteiger partial charge < -0.3 is 20.5 Å². The number of piperidine rings is 2. The minimum absolute atomic E-state index is 0.130. The van der Waals surface area contributed by atoms with Crippen molar-refractivity contribution in [1.29, 1.82) is 0 Å². The number of hydrogen-bond donors (Lipinski definition) is 2. The van der Waals surface area contributed by atoms with Crippen molar-refractivity contribution in [2.45, 2.75) is 38.2 Å². The molecule has 2 saturated heterocycles. The van der Waals surface area contributed by atoms with Crippen molar-refractivity contribution in [2.24, 2.45) is 5.92 Å². The van der Waals surface area contributed by atoms with Crippen LogP contribution in [0.2, 0.25) is 10.0 Å². The highest BCUT2D eigenvalue weighted by Crippen LogP contribution is 2.31. The molecule has 0 atom stereocenters. The fourth-order valence-electron chi connectivity index (χ4n) is 4.60. The fourth-order valence-corrected chi connectivity index (χ4v) is 4.99. The van der Waals surface area contributed by atoms with Gasteiger partial charge in [-0.05, 0) is 55.9 Å². The Bertz CT molecular complexity index is 1050. The lowest BCUT2D eigenvalue weighted by molar-refractivity contribution is -0.591. The van der Waals surface area contributed by atoms with Crippen LogP contribution in [0.5, 0.6) is 0 Å². The summed E-state index contributed by atoms with van der Waals surface area (Å²) in [5.74, 6) is 0.297. The zero-order valence-corrected chi connectivity index (χ0v) is 20.3. The van der Waals surface area contributed by atoms with Crippen molar-refractivity contribution in [3.8, 4) is 0 Å². The first-order valence-electron chi connectivity index (χ1n) is 11.5. The Balaban J connectivity index is 1.41. The van der Waals surface area contributed by atoms with Gasteiger partial charge in [-0.1, -0.05) is 29.3 Å². The van der Waals surface area contributed by atoms with Gasteiger partial charge in [-0.2, -0.15) is 0 Å². The van der Waals surface area contributed by atoms with Crippen molar-refractivity contribution in [2.75, 3.05) is 36.4 Å². The second-order valence-electron chi connectivity index (χ2n) is 8.93. The van der Waals surface area contributed by atoms with Gasteiger partial charge in [-0.3, -0.25) is 14.5 Å². The summed E-state index contributed by atoms with van der Waals surface area (Å²) in [7, 11) is 0. The molecular formula is C24H28Cl2N4O4. The molecule has 10 heteroatoms. The number of hydrogen-bond acceptors (Lipinski definition) is 5. The van der Waals surface area contributed by atoms with Crippen LogP contribution in [0, 0.1) is 11.1 Å². The van der Waals surface area contributed by atoms with E-state index in [1.54, 1.807) is 30.3 Å². The van der Waals surface area contributed by atoms with Crippen molar-refractivity contribution >= 4 is 46.5 Å². The number of aliphatic hydroxyl groups is 1. The van der Waals surface area contributed by atoms with Gasteiger partial charge in [0.15, 0.2) is 0 Å². The lowest BCUT2D eigenvalue weighted by Crippen LogP contribution is -2.45. The zero-order valence-electron chi connectivity index (χ0n) is 18.8. The molecule has 2 aliphatic heterocycles. The zero-order chi connectivity index (χ0) is 24.2. The van der Waals surface area contributed by atoms with Gasteiger partial charge in [-0.15, -0.1) is 0 Å². The summed E-state index contributed by atoms with van der Waals surface area (Å²) in [5.41, 5.74) is 0.701. The van der Waals surface area contributed by atoms with E-state index in [9.17, 15) is 19.9 Å². The highest BCUT2D eigenvalue weighted by molar-refractivity contribution is 6.31. The number of aromatic nitrogens is 1. The molecular weight excluding hydrogens is 479 g/mol. The number of anilines is 2. The predicted octanol–water partition coefficient (Wildman–Crippen LogP) is 3.47. The first kappa shape index (κ1) is 24.6. The SMILES string of the molecule is O=C(Nc1cc(Cl)c[n+]([O-])c1N1CCC(CC(=O)N2CCC(O)CC2)CC1)c1cccc(Cl)c1. The van der Waals surface area contributed by atoms with Gasteiger partial charge in [0.05, 0.1) is 24.2 Å². The minimum atomic E-state index is -0.391. The Morgan fingerprint density at radius 1 is 1.06 bits per heavy atom. The lowest BCUT2D eigenvalue weighted by Gasteiger charge is -2.33. The van der Waals surface area contributed by atoms with E-state index in [0.29, 0.717) is 72.3 Å². The van der Waals surface area contributed by atoms with E-state index < -0.39 is 5.91 Å². The molecule has 0 saturated carbocycles. The molecule has 182 valence electrons. The summed E-state index contributed by atoms with van der Waals surface area (Å²) in [6.45, 7) is 2.38. The molecule has 8 nitrogen and oxygen atoms in total. The van der Waals surface area contributed by atoms with Gasteiger partial charge in [0.2, 0.25) is 5.91 Å². The second kappa shape index (κ2) is 10.8. The van der Waals surface area contributed by atoms with Crippen LogP contribution in [0.3, 0.4) is 0 Å². The average Bonchev–Trinajstić information content (AvgIpc) is 2.80. The molecule has 0 radical (unpaired) electrons. The third-order valence-corrected chi connectivity index (χ3v) is 6.94. The maximum Gasteiger partial charge on any atom is 0.303 e. The molecule has 1 aromatic heterocycles. The average molecular weight is 507 g/mol.